The SMILES string of the molecule is COC(=O)c1cccc(NC(=S)NC2(c3ccc(C)cc3)CCCC2)c1C. The third-order valence-electron chi connectivity index (χ3n) is 5.40. The van der Waals surface area contributed by atoms with E-state index in [2.05, 4.69) is 41.8 Å². The van der Waals surface area contributed by atoms with E-state index < -0.39 is 0 Å². The number of carbonyl (C=O) groups excluding carboxylic acids is 1. The topological polar surface area (TPSA) is 50.4 Å². The fourth-order valence-electron chi connectivity index (χ4n) is 3.81. The molecule has 0 radical (unpaired) electrons. The summed E-state index contributed by atoms with van der Waals surface area (Å²) in [6.07, 6.45) is 4.47. The lowest BCUT2D eigenvalue weighted by atomic mass is 9.88. The molecular formula is C22H26N2O2S. The maximum absolute atomic E-state index is 11.9. The predicted octanol–water partition coefficient (Wildman–Crippen LogP) is 4.85. The number of ether oxygens (including phenoxy) is 1. The van der Waals surface area contributed by atoms with Gasteiger partial charge < -0.3 is 15.4 Å². The van der Waals surface area contributed by atoms with E-state index in [9.17, 15) is 4.79 Å². The van der Waals surface area contributed by atoms with Crippen LogP contribution in [0.4, 0.5) is 5.69 Å². The van der Waals surface area contributed by atoms with Crippen LogP contribution in [0.25, 0.3) is 0 Å². The molecule has 0 unspecified atom stereocenters. The number of nitrogens with one attached hydrogen (secondary N) is 2. The average molecular weight is 383 g/mol. The summed E-state index contributed by atoms with van der Waals surface area (Å²) in [6, 6.07) is 14.2. The summed E-state index contributed by atoms with van der Waals surface area (Å²) in [5.41, 5.74) is 4.57. The number of benzene rings is 2. The molecule has 27 heavy (non-hydrogen) atoms. The molecule has 0 aromatic heterocycles. The summed E-state index contributed by atoms with van der Waals surface area (Å²) < 4.78 is 4.85. The molecule has 2 aromatic rings. The summed E-state index contributed by atoms with van der Waals surface area (Å²) >= 11 is 5.63. The van der Waals surface area contributed by atoms with E-state index in [0.29, 0.717) is 10.7 Å². The molecule has 142 valence electrons. The van der Waals surface area contributed by atoms with Gasteiger partial charge in [-0.25, -0.2) is 4.79 Å². The maximum Gasteiger partial charge on any atom is 0.338 e. The Hall–Kier alpha value is -2.40. The minimum Gasteiger partial charge on any atom is -0.465 e. The van der Waals surface area contributed by atoms with Gasteiger partial charge in [0.1, 0.15) is 0 Å². The van der Waals surface area contributed by atoms with Gasteiger partial charge in [-0.3, -0.25) is 0 Å². The molecule has 1 fully saturated rings. The van der Waals surface area contributed by atoms with Crippen LogP contribution in [-0.4, -0.2) is 18.2 Å². The van der Waals surface area contributed by atoms with Crippen LogP contribution in [-0.2, 0) is 10.3 Å². The molecular weight excluding hydrogens is 356 g/mol. The molecule has 3 rings (SSSR count). The maximum atomic E-state index is 11.9. The highest BCUT2D eigenvalue weighted by molar-refractivity contribution is 7.80. The van der Waals surface area contributed by atoms with E-state index in [-0.39, 0.29) is 11.5 Å². The van der Waals surface area contributed by atoms with Crippen molar-refractivity contribution in [3.8, 4) is 0 Å². The molecule has 0 amide bonds. The standard InChI is InChI=1S/C22H26N2O2S/c1-15-9-11-17(12-10-15)22(13-4-5-14-22)24-21(27)23-19-8-6-7-18(16(19)2)20(25)26-3/h6-12H,4-5,13-14H2,1-3H3,(H2,23,24,27). The van der Waals surface area contributed by atoms with Crippen LogP contribution < -0.4 is 10.6 Å². The van der Waals surface area contributed by atoms with Crippen LogP contribution >= 0.6 is 12.2 Å². The second kappa shape index (κ2) is 8.09. The highest BCUT2D eigenvalue weighted by Crippen LogP contribution is 2.39. The molecule has 0 saturated heterocycles. The summed E-state index contributed by atoms with van der Waals surface area (Å²) in [4.78, 5) is 11.9. The van der Waals surface area contributed by atoms with Gasteiger partial charge in [0, 0.05) is 5.69 Å². The number of hydrogen-bond donors (Lipinski definition) is 2. The Kier molecular flexibility index (Phi) is 5.80. The molecule has 1 saturated carbocycles. The van der Waals surface area contributed by atoms with E-state index in [0.717, 1.165) is 24.1 Å². The summed E-state index contributed by atoms with van der Waals surface area (Å²) in [5, 5.41) is 7.42. The van der Waals surface area contributed by atoms with Crippen molar-refractivity contribution in [1.29, 1.82) is 0 Å². The van der Waals surface area contributed by atoms with E-state index in [1.807, 2.05) is 19.1 Å². The van der Waals surface area contributed by atoms with Gasteiger partial charge in [-0.2, -0.15) is 0 Å². The first-order valence-corrected chi connectivity index (χ1v) is 9.70. The van der Waals surface area contributed by atoms with Crippen molar-refractivity contribution >= 4 is 29.0 Å². The van der Waals surface area contributed by atoms with Gasteiger partial charge in [-0.1, -0.05) is 48.7 Å². The first kappa shape index (κ1) is 19.4. The van der Waals surface area contributed by atoms with Crippen molar-refractivity contribution in [1.82, 2.24) is 5.32 Å². The minimum atomic E-state index is -0.345. The molecule has 5 heteroatoms. The zero-order chi connectivity index (χ0) is 19.4. The molecule has 0 bridgehead atoms. The Balaban J connectivity index is 1.80. The lowest BCUT2D eigenvalue weighted by Crippen LogP contribution is -2.45. The molecule has 0 heterocycles. The highest BCUT2D eigenvalue weighted by Gasteiger charge is 2.36. The number of anilines is 1. The second-order valence-corrected chi connectivity index (χ2v) is 7.61. The largest absolute Gasteiger partial charge is 0.465 e. The van der Waals surface area contributed by atoms with Crippen molar-refractivity contribution in [2.24, 2.45) is 0 Å². The molecule has 0 aliphatic heterocycles. The number of carbonyl (C=O) groups is 1. The molecule has 1 aliphatic carbocycles. The zero-order valence-corrected chi connectivity index (χ0v) is 16.9. The van der Waals surface area contributed by atoms with E-state index in [1.54, 1.807) is 6.07 Å². The van der Waals surface area contributed by atoms with Crippen molar-refractivity contribution in [2.75, 3.05) is 12.4 Å². The number of hydrogen-bond acceptors (Lipinski definition) is 3. The monoisotopic (exact) mass is 382 g/mol. The fraction of sp³-hybridized carbons (Fsp3) is 0.364. The Bertz CT molecular complexity index is 840. The number of aryl methyl sites for hydroxylation is 1. The lowest BCUT2D eigenvalue weighted by Gasteiger charge is -2.33. The Morgan fingerprint density at radius 1 is 1.07 bits per heavy atom. The van der Waals surface area contributed by atoms with Crippen LogP contribution in [0.15, 0.2) is 42.5 Å². The van der Waals surface area contributed by atoms with Gasteiger partial charge in [0.25, 0.3) is 0 Å². The molecule has 1 aliphatic rings. The van der Waals surface area contributed by atoms with E-state index in [4.69, 9.17) is 17.0 Å². The first-order chi connectivity index (χ1) is 12.9. The van der Waals surface area contributed by atoms with Crippen molar-refractivity contribution in [3.63, 3.8) is 0 Å². The van der Waals surface area contributed by atoms with Crippen LogP contribution in [0.3, 0.4) is 0 Å². The normalized spacial score (nSPS) is 15.2. The Labute approximate surface area is 166 Å². The van der Waals surface area contributed by atoms with Crippen LogP contribution in [0.1, 0.15) is 52.7 Å². The van der Waals surface area contributed by atoms with Crippen LogP contribution in [0.5, 0.6) is 0 Å². The first-order valence-electron chi connectivity index (χ1n) is 9.29. The second-order valence-electron chi connectivity index (χ2n) is 7.20. The molecule has 0 atom stereocenters. The number of esters is 1. The summed E-state index contributed by atoms with van der Waals surface area (Å²) in [6.45, 7) is 3.99. The average Bonchev–Trinajstić information content (AvgIpc) is 3.12. The van der Waals surface area contributed by atoms with Gasteiger partial charge in [-0.05, 0) is 62.2 Å². The van der Waals surface area contributed by atoms with E-state index >= 15 is 0 Å². The van der Waals surface area contributed by atoms with Gasteiger partial charge in [-0.15, -0.1) is 0 Å². The zero-order valence-electron chi connectivity index (χ0n) is 16.1. The molecule has 2 aromatic carbocycles. The number of methoxy groups -OCH3 is 1. The Morgan fingerprint density at radius 2 is 1.74 bits per heavy atom. The molecule has 4 nitrogen and oxygen atoms in total. The van der Waals surface area contributed by atoms with Crippen molar-refractivity contribution in [2.45, 2.75) is 45.1 Å². The number of rotatable bonds is 4. The fourth-order valence-corrected chi connectivity index (χ4v) is 4.12. The quantitative estimate of drug-likeness (QED) is 0.585. The predicted molar refractivity (Wildman–Crippen MR) is 113 cm³/mol. The van der Waals surface area contributed by atoms with E-state index in [1.165, 1.54) is 31.1 Å². The van der Waals surface area contributed by atoms with Crippen LogP contribution in [0, 0.1) is 13.8 Å². The smallest absolute Gasteiger partial charge is 0.338 e. The van der Waals surface area contributed by atoms with Crippen molar-refractivity contribution < 1.29 is 9.53 Å². The third-order valence-corrected chi connectivity index (χ3v) is 5.61. The van der Waals surface area contributed by atoms with Crippen LogP contribution in [0.2, 0.25) is 0 Å². The lowest BCUT2D eigenvalue weighted by molar-refractivity contribution is 0.0600. The number of thiocarbonyl (C=S) groups is 1. The van der Waals surface area contributed by atoms with Gasteiger partial charge in [0.05, 0.1) is 18.2 Å². The molecule has 2 N–H and O–H groups in total. The third kappa shape index (κ3) is 4.14. The van der Waals surface area contributed by atoms with Gasteiger partial charge >= 0.3 is 5.97 Å². The summed E-state index contributed by atoms with van der Waals surface area (Å²) in [5.74, 6) is -0.345. The summed E-state index contributed by atoms with van der Waals surface area (Å²) in [7, 11) is 1.39. The minimum absolute atomic E-state index is 0.133. The van der Waals surface area contributed by atoms with Crippen molar-refractivity contribution in [3.05, 3.63) is 64.7 Å². The van der Waals surface area contributed by atoms with Gasteiger partial charge in [0.15, 0.2) is 5.11 Å². The highest BCUT2D eigenvalue weighted by atomic mass is 32.1. The Morgan fingerprint density at radius 3 is 2.37 bits per heavy atom. The van der Waals surface area contributed by atoms with Gasteiger partial charge in [0.2, 0.25) is 0 Å². The molecule has 0 spiro atoms.